The molecule has 29 heavy (non-hydrogen) atoms. The number of pyridine rings is 1. The van der Waals surface area contributed by atoms with Crippen molar-refractivity contribution in [1.29, 1.82) is 0 Å². The Kier molecular flexibility index (Phi) is 5.67. The average molecular weight is 392 g/mol. The Labute approximate surface area is 168 Å². The Balaban J connectivity index is 1.45. The van der Waals surface area contributed by atoms with Gasteiger partial charge >= 0.3 is 0 Å². The zero-order valence-electron chi connectivity index (χ0n) is 15.8. The molecule has 1 fully saturated rings. The number of carbonyl (C=O) groups excluding carboxylic acids is 1. The molecule has 0 spiro atoms. The predicted octanol–water partition coefficient (Wildman–Crippen LogP) is 4.05. The van der Waals surface area contributed by atoms with Crippen LogP contribution in [0.4, 0.5) is 27.3 Å². The number of morpholine rings is 1. The summed E-state index contributed by atoms with van der Waals surface area (Å²) >= 11 is 0. The highest BCUT2D eigenvalue weighted by molar-refractivity contribution is 6.04. The first-order chi connectivity index (χ1) is 14.2. The summed E-state index contributed by atoms with van der Waals surface area (Å²) in [7, 11) is 0. The number of rotatable bonds is 5. The summed E-state index contributed by atoms with van der Waals surface area (Å²) in [5.41, 5.74) is 2.99. The Bertz CT molecular complexity index is 971. The van der Waals surface area contributed by atoms with Gasteiger partial charge in [-0.2, -0.15) is 0 Å². The number of nitrogens with zero attached hydrogens (tertiary/aromatic N) is 2. The van der Waals surface area contributed by atoms with Gasteiger partial charge in [-0.05, 0) is 48.5 Å². The van der Waals surface area contributed by atoms with E-state index in [9.17, 15) is 9.18 Å². The average Bonchev–Trinajstić information content (AvgIpc) is 2.77. The maximum Gasteiger partial charge on any atom is 0.257 e. The number of carbonyl (C=O) groups is 1. The molecule has 148 valence electrons. The molecule has 4 rings (SSSR count). The maximum atomic E-state index is 13.0. The highest BCUT2D eigenvalue weighted by Gasteiger charge is 2.15. The van der Waals surface area contributed by atoms with Gasteiger partial charge in [-0.15, -0.1) is 0 Å². The summed E-state index contributed by atoms with van der Waals surface area (Å²) in [4.78, 5) is 19.0. The smallest absolute Gasteiger partial charge is 0.257 e. The number of para-hydroxylation sites is 2. The number of anilines is 4. The van der Waals surface area contributed by atoms with Crippen LogP contribution in [-0.2, 0) is 4.74 Å². The lowest BCUT2D eigenvalue weighted by molar-refractivity contribution is 0.102. The van der Waals surface area contributed by atoms with E-state index in [0.29, 0.717) is 30.3 Å². The van der Waals surface area contributed by atoms with Crippen molar-refractivity contribution in [3.05, 3.63) is 78.2 Å². The lowest BCUT2D eigenvalue weighted by atomic mass is 10.2. The molecule has 1 aliphatic heterocycles. The molecule has 7 heteroatoms. The number of halogens is 1. The van der Waals surface area contributed by atoms with Crippen molar-refractivity contribution >= 4 is 28.8 Å². The van der Waals surface area contributed by atoms with Crippen LogP contribution in [0, 0.1) is 5.82 Å². The van der Waals surface area contributed by atoms with Crippen LogP contribution in [0.2, 0.25) is 0 Å². The van der Waals surface area contributed by atoms with Gasteiger partial charge in [-0.1, -0.05) is 12.1 Å². The van der Waals surface area contributed by atoms with Crippen molar-refractivity contribution in [3.63, 3.8) is 0 Å². The first-order valence-electron chi connectivity index (χ1n) is 9.41. The van der Waals surface area contributed by atoms with E-state index in [1.165, 1.54) is 30.5 Å². The Morgan fingerprint density at radius 1 is 1.00 bits per heavy atom. The van der Waals surface area contributed by atoms with Crippen LogP contribution >= 0.6 is 0 Å². The molecule has 6 nitrogen and oxygen atoms in total. The molecule has 1 aromatic heterocycles. The molecule has 0 bridgehead atoms. The van der Waals surface area contributed by atoms with Crippen molar-refractivity contribution in [3.8, 4) is 0 Å². The van der Waals surface area contributed by atoms with Gasteiger partial charge in [-0.25, -0.2) is 9.37 Å². The summed E-state index contributed by atoms with van der Waals surface area (Å²) in [6.45, 7) is 3.11. The van der Waals surface area contributed by atoms with Crippen LogP contribution in [0.1, 0.15) is 10.4 Å². The van der Waals surface area contributed by atoms with Crippen LogP contribution in [0.3, 0.4) is 0 Å². The zero-order chi connectivity index (χ0) is 20.1. The number of nitrogens with one attached hydrogen (secondary N) is 2. The SMILES string of the molecule is O=C(Nc1ccc(F)cc1)c1ccc(Nc2ccccc2N2CCOCC2)nc1. The van der Waals surface area contributed by atoms with E-state index in [4.69, 9.17) is 4.74 Å². The van der Waals surface area contributed by atoms with Gasteiger partial charge < -0.3 is 20.3 Å². The molecule has 1 amide bonds. The standard InChI is InChI=1S/C22H21FN4O2/c23-17-6-8-18(9-7-17)25-22(28)16-5-10-21(24-15-16)26-19-3-1-2-4-20(19)27-11-13-29-14-12-27/h1-10,15H,11-14H2,(H,24,26)(H,25,28). The number of hydrogen-bond acceptors (Lipinski definition) is 5. The van der Waals surface area contributed by atoms with Gasteiger partial charge in [0.15, 0.2) is 0 Å². The Hall–Kier alpha value is -3.45. The van der Waals surface area contributed by atoms with Gasteiger partial charge in [-0.3, -0.25) is 4.79 Å². The summed E-state index contributed by atoms with van der Waals surface area (Å²) < 4.78 is 18.4. The molecule has 0 atom stereocenters. The molecular formula is C22H21FN4O2. The molecule has 0 radical (unpaired) electrons. The van der Waals surface area contributed by atoms with Gasteiger partial charge in [0.05, 0.1) is 30.2 Å². The van der Waals surface area contributed by atoms with Crippen LogP contribution in [0.15, 0.2) is 66.9 Å². The normalized spacial score (nSPS) is 13.8. The van der Waals surface area contributed by atoms with E-state index in [2.05, 4.69) is 26.6 Å². The Morgan fingerprint density at radius 3 is 2.48 bits per heavy atom. The molecule has 1 aliphatic rings. The fourth-order valence-electron chi connectivity index (χ4n) is 3.14. The maximum absolute atomic E-state index is 13.0. The molecule has 1 saturated heterocycles. The molecule has 0 aliphatic carbocycles. The van der Waals surface area contributed by atoms with Crippen molar-refractivity contribution in [2.75, 3.05) is 41.8 Å². The van der Waals surface area contributed by atoms with Gasteiger partial charge in [0.1, 0.15) is 11.6 Å². The quantitative estimate of drug-likeness (QED) is 0.686. The van der Waals surface area contributed by atoms with E-state index >= 15 is 0 Å². The molecule has 0 saturated carbocycles. The third-order valence-electron chi connectivity index (χ3n) is 4.65. The van der Waals surface area contributed by atoms with Gasteiger partial charge in [0.2, 0.25) is 0 Å². The van der Waals surface area contributed by atoms with E-state index in [1.54, 1.807) is 12.1 Å². The fourth-order valence-corrected chi connectivity index (χ4v) is 3.14. The topological polar surface area (TPSA) is 66.5 Å². The highest BCUT2D eigenvalue weighted by atomic mass is 19.1. The van der Waals surface area contributed by atoms with Gasteiger partial charge in [0.25, 0.3) is 5.91 Å². The van der Waals surface area contributed by atoms with E-state index in [0.717, 1.165) is 24.5 Å². The third kappa shape index (κ3) is 4.70. The summed E-state index contributed by atoms with van der Waals surface area (Å²) in [6, 6.07) is 17.1. The van der Waals surface area contributed by atoms with Crippen LogP contribution in [0.25, 0.3) is 0 Å². The zero-order valence-corrected chi connectivity index (χ0v) is 15.8. The minimum Gasteiger partial charge on any atom is -0.378 e. The molecule has 2 aromatic carbocycles. The van der Waals surface area contributed by atoms with Crippen molar-refractivity contribution < 1.29 is 13.9 Å². The summed E-state index contributed by atoms with van der Waals surface area (Å²) in [5, 5.41) is 6.05. The molecule has 3 aromatic rings. The van der Waals surface area contributed by atoms with E-state index in [-0.39, 0.29) is 11.7 Å². The largest absolute Gasteiger partial charge is 0.378 e. The molecule has 2 heterocycles. The van der Waals surface area contributed by atoms with Crippen molar-refractivity contribution in [2.45, 2.75) is 0 Å². The lowest BCUT2D eigenvalue weighted by Gasteiger charge is -2.30. The summed E-state index contributed by atoms with van der Waals surface area (Å²) in [6.07, 6.45) is 1.51. The van der Waals surface area contributed by atoms with Gasteiger partial charge in [0, 0.05) is 25.0 Å². The number of amides is 1. The molecular weight excluding hydrogens is 371 g/mol. The molecule has 2 N–H and O–H groups in total. The van der Waals surface area contributed by atoms with E-state index < -0.39 is 0 Å². The second-order valence-corrected chi connectivity index (χ2v) is 6.63. The second kappa shape index (κ2) is 8.70. The number of hydrogen-bond donors (Lipinski definition) is 2. The second-order valence-electron chi connectivity index (χ2n) is 6.63. The van der Waals surface area contributed by atoms with Crippen LogP contribution < -0.4 is 15.5 Å². The number of aromatic nitrogens is 1. The fraction of sp³-hybridized carbons (Fsp3) is 0.182. The number of ether oxygens (including phenoxy) is 1. The van der Waals surface area contributed by atoms with Crippen LogP contribution in [0.5, 0.6) is 0 Å². The number of benzene rings is 2. The first kappa shape index (κ1) is 18.9. The highest BCUT2D eigenvalue weighted by Crippen LogP contribution is 2.28. The first-order valence-corrected chi connectivity index (χ1v) is 9.41. The predicted molar refractivity (Wildman–Crippen MR) is 111 cm³/mol. The minimum absolute atomic E-state index is 0.302. The monoisotopic (exact) mass is 392 g/mol. The van der Waals surface area contributed by atoms with Crippen molar-refractivity contribution in [1.82, 2.24) is 4.98 Å². The van der Waals surface area contributed by atoms with Crippen LogP contribution in [-0.4, -0.2) is 37.2 Å². The lowest BCUT2D eigenvalue weighted by Crippen LogP contribution is -2.36. The van der Waals surface area contributed by atoms with E-state index in [1.807, 2.05) is 18.2 Å². The molecule has 0 unspecified atom stereocenters. The summed E-state index contributed by atoms with van der Waals surface area (Å²) in [5.74, 6) is -0.00845. The minimum atomic E-state index is -0.350. The van der Waals surface area contributed by atoms with Crippen molar-refractivity contribution in [2.24, 2.45) is 0 Å². The Morgan fingerprint density at radius 2 is 1.76 bits per heavy atom. The third-order valence-corrected chi connectivity index (χ3v) is 4.65.